The van der Waals surface area contributed by atoms with E-state index in [1.807, 2.05) is 6.92 Å². The largest absolute Gasteiger partial charge is 0.488 e. The van der Waals surface area contributed by atoms with E-state index in [1.165, 1.54) is 44.8 Å². The van der Waals surface area contributed by atoms with Crippen LogP contribution in [-0.4, -0.2) is 18.7 Å². The molecular weight excluding hydrogens is 344 g/mol. The van der Waals surface area contributed by atoms with Crippen LogP contribution in [0.15, 0.2) is 71.3 Å². The second kappa shape index (κ2) is 6.61. The SMILES string of the molecule is C=CN=C(N=CC)c1ccc2c(c1)Cc1c3c(c4ccccc4c1-2)OCC=C3. The molecule has 0 atom stereocenters. The molecule has 1 aliphatic heterocycles. The molecule has 136 valence electrons. The van der Waals surface area contributed by atoms with Crippen LogP contribution in [0.4, 0.5) is 0 Å². The van der Waals surface area contributed by atoms with Gasteiger partial charge in [0.1, 0.15) is 12.4 Å². The minimum atomic E-state index is 0.628. The standard InChI is InChI=1S/C25H20N2O/c1-3-26-25(27-4-2)16-11-12-18-17(14-16)15-22-21-10-7-13-28-24(21)20-9-6-5-8-19(20)23(18)22/h3-12,14H,1,13,15H2,2H3. The quantitative estimate of drug-likeness (QED) is 0.327. The van der Waals surface area contributed by atoms with E-state index in [2.05, 4.69) is 71.2 Å². The minimum absolute atomic E-state index is 0.628. The summed E-state index contributed by atoms with van der Waals surface area (Å²) in [6.07, 6.45) is 8.49. The summed E-state index contributed by atoms with van der Waals surface area (Å²) in [5.74, 6) is 1.70. The Labute approximate surface area is 164 Å². The van der Waals surface area contributed by atoms with Crippen molar-refractivity contribution in [2.24, 2.45) is 9.98 Å². The molecule has 3 aromatic rings. The fraction of sp³-hybridized carbons (Fsp3) is 0.120. The third-order valence-corrected chi connectivity index (χ3v) is 5.39. The van der Waals surface area contributed by atoms with Gasteiger partial charge in [-0.2, -0.15) is 0 Å². The van der Waals surface area contributed by atoms with Crippen molar-refractivity contribution in [1.29, 1.82) is 0 Å². The Balaban J connectivity index is 1.75. The Morgan fingerprint density at radius 1 is 1.14 bits per heavy atom. The average Bonchev–Trinajstić information content (AvgIpc) is 3.13. The van der Waals surface area contributed by atoms with E-state index >= 15 is 0 Å². The van der Waals surface area contributed by atoms with Gasteiger partial charge in [0, 0.05) is 28.9 Å². The maximum atomic E-state index is 6.05. The fourth-order valence-electron chi connectivity index (χ4n) is 4.30. The first-order valence-corrected chi connectivity index (χ1v) is 9.49. The van der Waals surface area contributed by atoms with Crippen molar-refractivity contribution in [3.8, 4) is 16.9 Å². The molecule has 0 spiro atoms. The molecule has 3 aromatic carbocycles. The lowest BCUT2D eigenvalue weighted by Crippen LogP contribution is -2.04. The number of fused-ring (bicyclic) bond motifs is 8. The highest BCUT2D eigenvalue weighted by Gasteiger charge is 2.27. The summed E-state index contributed by atoms with van der Waals surface area (Å²) in [6, 6.07) is 15.0. The van der Waals surface area contributed by atoms with Crippen LogP contribution in [0.1, 0.15) is 29.2 Å². The Bertz CT molecular complexity index is 1210. The molecule has 0 bridgehead atoms. The summed E-state index contributed by atoms with van der Waals surface area (Å²) >= 11 is 0. The molecule has 1 aliphatic carbocycles. The second-order valence-electron chi connectivity index (χ2n) is 6.93. The summed E-state index contributed by atoms with van der Waals surface area (Å²) < 4.78 is 6.05. The van der Waals surface area contributed by atoms with Crippen molar-refractivity contribution in [2.45, 2.75) is 13.3 Å². The zero-order valence-corrected chi connectivity index (χ0v) is 15.8. The zero-order valence-electron chi connectivity index (χ0n) is 15.8. The van der Waals surface area contributed by atoms with Crippen molar-refractivity contribution in [2.75, 3.05) is 6.61 Å². The number of hydrogen-bond donors (Lipinski definition) is 0. The molecule has 0 saturated carbocycles. The summed E-state index contributed by atoms with van der Waals surface area (Å²) in [5, 5.41) is 2.44. The summed E-state index contributed by atoms with van der Waals surface area (Å²) in [5.41, 5.74) is 7.48. The molecule has 0 aromatic heterocycles. The predicted octanol–water partition coefficient (Wildman–Crippen LogP) is 5.80. The van der Waals surface area contributed by atoms with Gasteiger partial charge in [-0.1, -0.05) is 49.1 Å². The topological polar surface area (TPSA) is 34.0 Å². The summed E-state index contributed by atoms with van der Waals surface area (Å²) in [4.78, 5) is 8.73. The van der Waals surface area contributed by atoms with Crippen molar-refractivity contribution in [3.05, 3.63) is 83.6 Å². The zero-order chi connectivity index (χ0) is 19.1. The van der Waals surface area contributed by atoms with Gasteiger partial charge in [0.25, 0.3) is 0 Å². The number of ether oxygens (including phenoxy) is 1. The lowest BCUT2D eigenvalue weighted by molar-refractivity contribution is 0.362. The van der Waals surface area contributed by atoms with Gasteiger partial charge in [0.15, 0.2) is 5.84 Å². The highest BCUT2D eigenvalue weighted by atomic mass is 16.5. The first-order valence-electron chi connectivity index (χ1n) is 9.49. The highest BCUT2D eigenvalue weighted by molar-refractivity contribution is 6.08. The van der Waals surface area contributed by atoms with E-state index in [-0.39, 0.29) is 0 Å². The molecule has 0 unspecified atom stereocenters. The first kappa shape index (κ1) is 16.7. The Morgan fingerprint density at radius 2 is 2.00 bits per heavy atom. The van der Waals surface area contributed by atoms with Gasteiger partial charge in [0.2, 0.25) is 0 Å². The maximum absolute atomic E-state index is 6.05. The fourth-order valence-corrected chi connectivity index (χ4v) is 4.30. The number of benzene rings is 3. The van der Waals surface area contributed by atoms with Crippen LogP contribution in [0.3, 0.4) is 0 Å². The molecular formula is C25H20N2O. The molecule has 0 saturated heterocycles. The first-order chi connectivity index (χ1) is 13.8. The third-order valence-electron chi connectivity index (χ3n) is 5.39. The molecule has 2 aliphatic rings. The molecule has 0 N–H and O–H groups in total. The molecule has 28 heavy (non-hydrogen) atoms. The van der Waals surface area contributed by atoms with Crippen molar-refractivity contribution < 1.29 is 4.74 Å². The van der Waals surface area contributed by atoms with Crippen LogP contribution in [0.25, 0.3) is 28.0 Å². The van der Waals surface area contributed by atoms with Gasteiger partial charge in [-0.3, -0.25) is 0 Å². The Morgan fingerprint density at radius 3 is 2.82 bits per heavy atom. The van der Waals surface area contributed by atoms with Gasteiger partial charge in [-0.15, -0.1) is 0 Å². The van der Waals surface area contributed by atoms with Crippen molar-refractivity contribution >= 4 is 28.9 Å². The van der Waals surface area contributed by atoms with Gasteiger partial charge >= 0.3 is 0 Å². The van der Waals surface area contributed by atoms with E-state index in [1.54, 1.807) is 6.21 Å². The van der Waals surface area contributed by atoms with E-state index in [4.69, 9.17) is 4.74 Å². The molecule has 5 rings (SSSR count). The van der Waals surface area contributed by atoms with Gasteiger partial charge in [-0.25, -0.2) is 9.98 Å². The highest BCUT2D eigenvalue weighted by Crippen LogP contribution is 2.48. The Hall–Kier alpha value is -3.46. The number of aliphatic imine (C=N–C) groups is 2. The van der Waals surface area contributed by atoms with E-state index < -0.39 is 0 Å². The Kier molecular flexibility index (Phi) is 3.94. The van der Waals surface area contributed by atoms with Gasteiger partial charge in [-0.05, 0) is 53.1 Å². The lowest BCUT2D eigenvalue weighted by Gasteiger charge is -2.19. The van der Waals surface area contributed by atoms with Crippen LogP contribution in [0.5, 0.6) is 5.75 Å². The summed E-state index contributed by atoms with van der Waals surface area (Å²) in [6.45, 7) is 6.24. The normalized spacial score (nSPS) is 14.7. The van der Waals surface area contributed by atoms with E-state index in [0.717, 1.165) is 17.7 Å². The number of rotatable bonds is 2. The van der Waals surface area contributed by atoms with E-state index in [9.17, 15) is 0 Å². The number of hydrogen-bond acceptors (Lipinski definition) is 2. The van der Waals surface area contributed by atoms with Crippen molar-refractivity contribution in [1.82, 2.24) is 0 Å². The van der Waals surface area contributed by atoms with Gasteiger partial charge in [0.05, 0.1) is 0 Å². The molecule has 0 fully saturated rings. The average molecular weight is 364 g/mol. The van der Waals surface area contributed by atoms with Crippen LogP contribution in [-0.2, 0) is 6.42 Å². The summed E-state index contributed by atoms with van der Waals surface area (Å²) in [7, 11) is 0. The smallest absolute Gasteiger partial charge is 0.158 e. The molecule has 0 amide bonds. The van der Waals surface area contributed by atoms with Gasteiger partial charge < -0.3 is 4.74 Å². The van der Waals surface area contributed by atoms with E-state index in [0.29, 0.717) is 12.4 Å². The van der Waals surface area contributed by atoms with Crippen LogP contribution < -0.4 is 4.74 Å². The molecule has 3 nitrogen and oxygen atoms in total. The lowest BCUT2D eigenvalue weighted by atomic mass is 9.92. The minimum Gasteiger partial charge on any atom is -0.488 e. The van der Waals surface area contributed by atoms with Crippen molar-refractivity contribution in [3.63, 3.8) is 0 Å². The third kappa shape index (κ3) is 2.43. The maximum Gasteiger partial charge on any atom is 0.158 e. The number of amidine groups is 1. The second-order valence-corrected chi connectivity index (χ2v) is 6.93. The van der Waals surface area contributed by atoms with Crippen LogP contribution >= 0.6 is 0 Å². The number of nitrogens with zero attached hydrogens (tertiary/aromatic N) is 2. The van der Waals surface area contributed by atoms with Crippen LogP contribution in [0.2, 0.25) is 0 Å². The molecule has 3 heteroatoms. The van der Waals surface area contributed by atoms with Crippen LogP contribution in [0, 0.1) is 0 Å². The predicted molar refractivity (Wildman–Crippen MR) is 118 cm³/mol. The monoisotopic (exact) mass is 364 g/mol. The molecule has 0 radical (unpaired) electrons. The molecule has 1 heterocycles.